The predicted octanol–water partition coefficient (Wildman–Crippen LogP) is 4.58. The number of rotatable bonds is 9. The van der Waals surface area contributed by atoms with Gasteiger partial charge in [-0.05, 0) is 120 Å². The number of carbonyl (C=O) groups excluding carboxylic acids is 2. The van der Waals surface area contributed by atoms with Crippen molar-refractivity contribution in [3.8, 4) is 0 Å². The molecule has 2 saturated heterocycles. The first-order chi connectivity index (χ1) is 15.5. The van der Waals surface area contributed by atoms with Gasteiger partial charge in [0.05, 0.1) is 0 Å². The molecule has 34 heavy (non-hydrogen) atoms. The van der Waals surface area contributed by atoms with Crippen molar-refractivity contribution in [1.29, 1.82) is 0 Å². The van der Waals surface area contributed by atoms with Gasteiger partial charge in [0.2, 0.25) is 11.8 Å². The predicted molar refractivity (Wildman–Crippen MR) is 142 cm³/mol. The Morgan fingerprint density at radius 2 is 0.882 bits per heavy atom. The van der Waals surface area contributed by atoms with Crippen molar-refractivity contribution in [1.82, 2.24) is 20.4 Å². The van der Waals surface area contributed by atoms with Crippen molar-refractivity contribution < 1.29 is 9.59 Å². The van der Waals surface area contributed by atoms with E-state index in [9.17, 15) is 9.59 Å². The molecule has 0 unspecified atom stereocenters. The average molecular weight is 479 g/mol. The maximum atomic E-state index is 12.3. The fourth-order valence-electron chi connectivity index (χ4n) is 6.80. The van der Waals surface area contributed by atoms with Crippen molar-refractivity contribution in [2.75, 3.05) is 27.2 Å². The minimum Gasteiger partial charge on any atom is -0.356 e. The van der Waals surface area contributed by atoms with E-state index in [1.54, 1.807) is 0 Å². The summed E-state index contributed by atoms with van der Waals surface area (Å²) in [5.74, 6) is 1.19. The summed E-state index contributed by atoms with van der Waals surface area (Å²) in [7, 11) is 4.44. The number of hydrogen-bond donors (Lipinski definition) is 2. The quantitative estimate of drug-likeness (QED) is 0.509. The Hall–Kier alpha value is -1.14. The highest BCUT2D eigenvalue weighted by Gasteiger charge is 2.43. The number of carbonyl (C=O) groups is 2. The first-order valence-corrected chi connectivity index (χ1v) is 13.5. The minimum absolute atomic E-state index is 0.0135. The van der Waals surface area contributed by atoms with Gasteiger partial charge in [0.15, 0.2) is 0 Å². The van der Waals surface area contributed by atoms with Crippen molar-refractivity contribution in [2.24, 2.45) is 11.8 Å². The molecule has 0 atom stereocenters. The van der Waals surface area contributed by atoms with Crippen LogP contribution in [0.1, 0.15) is 107 Å². The molecule has 2 amide bonds. The van der Waals surface area contributed by atoms with Gasteiger partial charge in [0.25, 0.3) is 0 Å². The molecule has 2 aliphatic heterocycles. The zero-order valence-corrected chi connectivity index (χ0v) is 23.9. The fraction of sp³-hybridized carbons (Fsp3) is 0.929. The minimum atomic E-state index is -0.0135. The van der Waals surface area contributed by atoms with Crippen molar-refractivity contribution in [3.63, 3.8) is 0 Å². The Balaban J connectivity index is 1.63. The zero-order valence-electron chi connectivity index (χ0n) is 23.9. The molecule has 0 spiro atoms. The largest absolute Gasteiger partial charge is 0.356 e. The average Bonchev–Trinajstić information content (AvgIpc) is 2.68. The van der Waals surface area contributed by atoms with Gasteiger partial charge in [-0.25, -0.2) is 0 Å². The molecular weight excluding hydrogens is 424 g/mol. The SMILES string of the molecule is CN1C(C)(C)CC(CCNC(=O)CCC(=O)NCCC2CC(C)(C)N(C)C(C)(C)C2)CC1(C)C. The second kappa shape index (κ2) is 10.9. The lowest BCUT2D eigenvalue weighted by molar-refractivity contribution is -0.126. The first kappa shape index (κ1) is 29.1. The maximum absolute atomic E-state index is 12.3. The van der Waals surface area contributed by atoms with Crippen LogP contribution in [0.4, 0.5) is 0 Å². The van der Waals surface area contributed by atoms with E-state index in [4.69, 9.17) is 0 Å². The smallest absolute Gasteiger partial charge is 0.220 e. The Morgan fingerprint density at radius 1 is 0.618 bits per heavy atom. The molecule has 0 radical (unpaired) electrons. The van der Waals surface area contributed by atoms with Crippen LogP contribution in [-0.4, -0.2) is 71.0 Å². The van der Waals surface area contributed by atoms with Crippen LogP contribution < -0.4 is 10.6 Å². The van der Waals surface area contributed by atoms with E-state index in [0.29, 0.717) is 24.9 Å². The third-order valence-corrected chi connectivity index (χ3v) is 9.11. The second-order valence-electron chi connectivity index (χ2n) is 13.7. The number of amides is 2. The molecule has 6 nitrogen and oxygen atoms in total. The van der Waals surface area contributed by atoms with Gasteiger partial charge in [-0.15, -0.1) is 0 Å². The Bertz CT molecular complexity index is 617. The van der Waals surface area contributed by atoms with Gasteiger partial charge in [-0.1, -0.05) is 0 Å². The van der Waals surface area contributed by atoms with Crippen LogP contribution in [0.25, 0.3) is 0 Å². The molecule has 6 heteroatoms. The van der Waals surface area contributed by atoms with Crippen LogP contribution in [0.2, 0.25) is 0 Å². The van der Waals surface area contributed by atoms with Crippen molar-refractivity contribution in [2.45, 2.75) is 129 Å². The summed E-state index contributed by atoms with van der Waals surface area (Å²) in [6, 6.07) is 0. The molecule has 2 aliphatic rings. The number of nitrogens with one attached hydrogen (secondary N) is 2. The van der Waals surface area contributed by atoms with Crippen LogP contribution in [0.15, 0.2) is 0 Å². The lowest BCUT2D eigenvalue weighted by Crippen LogP contribution is -2.58. The van der Waals surface area contributed by atoms with Gasteiger partial charge in [-0.2, -0.15) is 0 Å². The standard InChI is InChI=1S/C28H54N4O2/c1-25(2)17-21(18-26(3,4)31(25)9)13-15-29-23(33)11-12-24(34)30-16-14-22-19-27(5,6)32(10)28(7,8)20-22/h21-22H,11-20H2,1-10H3,(H,29,33)(H,30,34). The van der Waals surface area contributed by atoms with E-state index in [0.717, 1.165) is 38.5 Å². The second-order valence-corrected chi connectivity index (χ2v) is 13.7. The molecule has 0 aromatic heterocycles. The molecule has 198 valence electrons. The van der Waals surface area contributed by atoms with Gasteiger partial charge in [0, 0.05) is 48.1 Å². The lowest BCUT2D eigenvalue weighted by atomic mass is 9.73. The Morgan fingerprint density at radius 3 is 1.15 bits per heavy atom. The van der Waals surface area contributed by atoms with E-state index >= 15 is 0 Å². The molecule has 0 aliphatic carbocycles. The van der Waals surface area contributed by atoms with Crippen molar-refractivity contribution >= 4 is 11.8 Å². The molecule has 0 aromatic rings. The molecule has 0 bridgehead atoms. The highest BCUT2D eigenvalue weighted by atomic mass is 16.2. The van der Waals surface area contributed by atoms with Crippen LogP contribution in [0.5, 0.6) is 0 Å². The number of likely N-dealkylation sites (tertiary alicyclic amines) is 2. The van der Waals surface area contributed by atoms with Crippen molar-refractivity contribution in [3.05, 3.63) is 0 Å². The third-order valence-electron chi connectivity index (χ3n) is 9.11. The van der Waals surface area contributed by atoms with Gasteiger partial charge in [0.1, 0.15) is 0 Å². The summed E-state index contributed by atoms with van der Waals surface area (Å²) in [5.41, 5.74) is 0.697. The van der Waals surface area contributed by atoms with Crippen LogP contribution in [0, 0.1) is 11.8 Å². The Labute approximate surface area is 210 Å². The topological polar surface area (TPSA) is 64.7 Å². The third kappa shape index (κ3) is 7.68. The lowest BCUT2D eigenvalue weighted by Gasteiger charge is -2.54. The van der Waals surface area contributed by atoms with E-state index in [1.165, 1.54) is 0 Å². The van der Waals surface area contributed by atoms with E-state index in [1.807, 2.05) is 0 Å². The molecule has 0 aromatic carbocycles. The number of piperidine rings is 2. The van der Waals surface area contributed by atoms with Crippen LogP contribution in [-0.2, 0) is 9.59 Å². The molecule has 2 rings (SSSR count). The molecule has 0 saturated carbocycles. The molecule has 2 N–H and O–H groups in total. The molecule has 2 heterocycles. The summed E-state index contributed by atoms with van der Waals surface area (Å²) >= 11 is 0. The summed E-state index contributed by atoms with van der Waals surface area (Å²) in [6.07, 6.45) is 7.14. The fourth-order valence-corrected chi connectivity index (χ4v) is 6.80. The highest BCUT2D eigenvalue weighted by molar-refractivity contribution is 5.83. The number of hydrogen-bond acceptors (Lipinski definition) is 4. The maximum Gasteiger partial charge on any atom is 0.220 e. The van der Waals surface area contributed by atoms with Gasteiger partial charge < -0.3 is 10.6 Å². The monoisotopic (exact) mass is 478 g/mol. The normalized spacial score (nSPS) is 25.1. The van der Waals surface area contributed by atoms with Crippen LogP contribution in [0.3, 0.4) is 0 Å². The zero-order chi connectivity index (χ0) is 25.9. The highest BCUT2D eigenvalue weighted by Crippen LogP contribution is 2.42. The van der Waals surface area contributed by atoms with Gasteiger partial charge >= 0.3 is 0 Å². The molecule has 2 fully saturated rings. The summed E-state index contributed by atoms with van der Waals surface area (Å²) in [4.78, 5) is 29.6. The van der Waals surface area contributed by atoms with E-state index in [-0.39, 0.29) is 46.8 Å². The summed E-state index contributed by atoms with van der Waals surface area (Å²) in [6.45, 7) is 19.9. The first-order valence-electron chi connectivity index (χ1n) is 13.5. The number of nitrogens with zero attached hydrogens (tertiary/aromatic N) is 2. The Kier molecular flexibility index (Phi) is 9.29. The van der Waals surface area contributed by atoms with E-state index < -0.39 is 0 Å². The van der Waals surface area contributed by atoms with Crippen LogP contribution >= 0.6 is 0 Å². The van der Waals surface area contributed by atoms with Gasteiger partial charge in [-0.3, -0.25) is 19.4 Å². The van der Waals surface area contributed by atoms with E-state index in [2.05, 4.69) is 89.9 Å². The summed E-state index contributed by atoms with van der Waals surface area (Å²) < 4.78 is 0. The molecular formula is C28H54N4O2. The summed E-state index contributed by atoms with van der Waals surface area (Å²) in [5, 5.41) is 6.09.